The number of anilines is 3. The van der Waals surface area contributed by atoms with E-state index in [1.807, 2.05) is 57.2 Å². The predicted octanol–water partition coefficient (Wildman–Crippen LogP) is 2.16. The van der Waals surface area contributed by atoms with Crippen LogP contribution in [0.25, 0.3) is 0 Å². The largest absolute Gasteiger partial charge is 0.406 e. The van der Waals surface area contributed by atoms with Crippen LogP contribution in [0.5, 0.6) is 0 Å². The highest BCUT2D eigenvalue weighted by Gasteiger charge is 2.11. The van der Waals surface area contributed by atoms with Gasteiger partial charge in [0.2, 0.25) is 5.89 Å². The number of nitrogens with zero attached hydrogens (tertiary/aromatic N) is 3. The molecule has 6 nitrogen and oxygen atoms in total. The fourth-order valence-corrected chi connectivity index (χ4v) is 1.55. The number of nitrogens with one attached hydrogen (secondary N) is 2. The summed E-state index contributed by atoms with van der Waals surface area (Å²) < 4.78 is 5.51. The Balaban J connectivity index is 2.06. The Morgan fingerprint density at radius 1 is 1.16 bits per heavy atom. The van der Waals surface area contributed by atoms with Gasteiger partial charge >= 0.3 is 6.01 Å². The van der Waals surface area contributed by atoms with Gasteiger partial charge in [0.05, 0.1) is 6.04 Å². The van der Waals surface area contributed by atoms with Crippen molar-refractivity contribution in [1.82, 2.24) is 15.5 Å². The van der Waals surface area contributed by atoms with Crippen molar-refractivity contribution >= 4 is 17.4 Å². The lowest BCUT2D eigenvalue weighted by molar-refractivity contribution is 0.443. The second kappa shape index (κ2) is 5.71. The lowest BCUT2D eigenvalue weighted by Crippen LogP contribution is -2.12. The van der Waals surface area contributed by atoms with E-state index in [9.17, 15) is 0 Å². The van der Waals surface area contributed by atoms with Gasteiger partial charge in [-0.2, -0.15) is 0 Å². The Labute approximate surface area is 112 Å². The zero-order valence-corrected chi connectivity index (χ0v) is 11.6. The number of hydrogen-bond donors (Lipinski definition) is 2. The molecule has 0 fully saturated rings. The maximum Gasteiger partial charge on any atom is 0.320 e. The van der Waals surface area contributed by atoms with Crippen LogP contribution in [0.2, 0.25) is 0 Å². The van der Waals surface area contributed by atoms with Gasteiger partial charge in [-0.1, -0.05) is 5.10 Å². The summed E-state index contributed by atoms with van der Waals surface area (Å²) in [5.41, 5.74) is 2.05. The van der Waals surface area contributed by atoms with Crippen molar-refractivity contribution in [3.8, 4) is 0 Å². The standard InChI is InChI=1S/C13H19N5O/c1-9(14-2)12-16-17-13(19-12)15-10-5-7-11(8-6-10)18(3)4/h5-9,14H,1-4H3,(H,15,17). The fourth-order valence-electron chi connectivity index (χ4n) is 1.55. The van der Waals surface area contributed by atoms with Crippen LogP contribution in [0, 0.1) is 0 Å². The molecule has 2 aromatic rings. The van der Waals surface area contributed by atoms with Gasteiger partial charge in [0.25, 0.3) is 0 Å². The molecular weight excluding hydrogens is 242 g/mol. The van der Waals surface area contributed by atoms with Gasteiger partial charge < -0.3 is 20.0 Å². The highest BCUT2D eigenvalue weighted by atomic mass is 16.4. The molecular formula is C13H19N5O. The van der Waals surface area contributed by atoms with Crippen LogP contribution in [-0.4, -0.2) is 31.3 Å². The van der Waals surface area contributed by atoms with E-state index in [0.717, 1.165) is 11.4 Å². The van der Waals surface area contributed by atoms with Crippen LogP contribution < -0.4 is 15.5 Å². The second-order valence-electron chi connectivity index (χ2n) is 4.52. The van der Waals surface area contributed by atoms with Crippen LogP contribution in [0.15, 0.2) is 28.7 Å². The molecule has 19 heavy (non-hydrogen) atoms. The van der Waals surface area contributed by atoms with E-state index in [1.54, 1.807) is 0 Å². The highest BCUT2D eigenvalue weighted by molar-refractivity contribution is 5.58. The lowest BCUT2D eigenvalue weighted by atomic mass is 10.2. The van der Waals surface area contributed by atoms with Gasteiger partial charge in [-0.15, -0.1) is 5.10 Å². The van der Waals surface area contributed by atoms with E-state index in [4.69, 9.17) is 4.42 Å². The van der Waals surface area contributed by atoms with Crippen LogP contribution >= 0.6 is 0 Å². The van der Waals surface area contributed by atoms with Gasteiger partial charge in [-0.25, -0.2) is 0 Å². The zero-order chi connectivity index (χ0) is 13.8. The van der Waals surface area contributed by atoms with E-state index in [-0.39, 0.29) is 6.04 Å². The molecule has 0 spiro atoms. The molecule has 1 aromatic carbocycles. The summed E-state index contributed by atoms with van der Waals surface area (Å²) in [6, 6.07) is 8.43. The van der Waals surface area contributed by atoms with Crippen molar-refractivity contribution in [3.05, 3.63) is 30.2 Å². The van der Waals surface area contributed by atoms with E-state index in [2.05, 4.69) is 20.8 Å². The number of hydrogen-bond acceptors (Lipinski definition) is 6. The van der Waals surface area contributed by atoms with Gasteiger partial charge in [-0.05, 0) is 38.2 Å². The molecule has 0 saturated heterocycles. The lowest BCUT2D eigenvalue weighted by Gasteiger charge is -2.12. The summed E-state index contributed by atoms with van der Waals surface area (Å²) >= 11 is 0. The third-order valence-corrected chi connectivity index (χ3v) is 2.88. The minimum absolute atomic E-state index is 0.0409. The molecule has 0 amide bonds. The molecule has 1 heterocycles. The maximum absolute atomic E-state index is 5.51. The summed E-state index contributed by atoms with van der Waals surface area (Å²) in [5.74, 6) is 0.565. The summed E-state index contributed by atoms with van der Waals surface area (Å²) in [7, 11) is 5.86. The van der Waals surface area contributed by atoms with E-state index in [1.165, 1.54) is 0 Å². The molecule has 0 aliphatic heterocycles. The summed E-state index contributed by atoms with van der Waals surface area (Å²) in [4.78, 5) is 2.04. The number of aromatic nitrogens is 2. The quantitative estimate of drug-likeness (QED) is 0.859. The number of benzene rings is 1. The fraction of sp³-hybridized carbons (Fsp3) is 0.385. The average molecular weight is 261 g/mol. The molecule has 2 N–H and O–H groups in total. The normalized spacial score (nSPS) is 12.2. The zero-order valence-electron chi connectivity index (χ0n) is 11.6. The minimum Gasteiger partial charge on any atom is -0.406 e. The van der Waals surface area contributed by atoms with Crippen LogP contribution in [0.1, 0.15) is 18.9 Å². The molecule has 6 heteroatoms. The highest BCUT2D eigenvalue weighted by Crippen LogP contribution is 2.20. The Morgan fingerprint density at radius 3 is 2.42 bits per heavy atom. The molecule has 2 rings (SSSR count). The Bertz CT molecular complexity index is 520. The van der Waals surface area contributed by atoms with Crippen LogP contribution in [-0.2, 0) is 0 Å². The third-order valence-electron chi connectivity index (χ3n) is 2.88. The molecule has 0 aliphatic rings. The second-order valence-corrected chi connectivity index (χ2v) is 4.52. The smallest absolute Gasteiger partial charge is 0.320 e. The predicted molar refractivity (Wildman–Crippen MR) is 75.8 cm³/mol. The van der Waals surface area contributed by atoms with Crippen molar-refractivity contribution in [3.63, 3.8) is 0 Å². The maximum atomic E-state index is 5.51. The molecule has 1 aromatic heterocycles. The van der Waals surface area contributed by atoms with Crippen molar-refractivity contribution in [2.45, 2.75) is 13.0 Å². The molecule has 0 aliphatic carbocycles. The monoisotopic (exact) mass is 261 g/mol. The summed E-state index contributed by atoms with van der Waals surface area (Å²) in [5, 5.41) is 14.1. The van der Waals surface area contributed by atoms with Crippen molar-refractivity contribution in [2.24, 2.45) is 0 Å². The van der Waals surface area contributed by atoms with Gasteiger partial charge in [0.1, 0.15) is 0 Å². The van der Waals surface area contributed by atoms with E-state index >= 15 is 0 Å². The summed E-state index contributed by atoms with van der Waals surface area (Å²) in [6.45, 7) is 1.96. The van der Waals surface area contributed by atoms with Gasteiger partial charge in [0.15, 0.2) is 0 Å². The number of rotatable bonds is 5. The SMILES string of the molecule is CNC(C)c1nnc(Nc2ccc(N(C)C)cc2)o1. The minimum atomic E-state index is 0.0409. The third kappa shape index (κ3) is 3.23. The van der Waals surface area contributed by atoms with Gasteiger partial charge in [0, 0.05) is 25.5 Å². The molecule has 0 bridgehead atoms. The first-order chi connectivity index (χ1) is 9.10. The Hall–Kier alpha value is -2.08. The first kappa shape index (κ1) is 13.4. The van der Waals surface area contributed by atoms with E-state index in [0.29, 0.717) is 11.9 Å². The topological polar surface area (TPSA) is 66.2 Å². The molecule has 0 saturated carbocycles. The van der Waals surface area contributed by atoms with Crippen molar-refractivity contribution in [1.29, 1.82) is 0 Å². The first-order valence-electron chi connectivity index (χ1n) is 6.15. The van der Waals surface area contributed by atoms with E-state index < -0.39 is 0 Å². The van der Waals surface area contributed by atoms with Gasteiger partial charge in [-0.3, -0.25) is 0 Å². The molecule has 102 valence electrons. The molecule has 1 atom stereocenters. The van der Waals surface area contributed by atoms with Crippen LogP contribution in [0.3, 0.4) is 0 Å². The molecule has 1 unspecified atom stereocenters. The van der Waals surface area contributed by atoms with Crippen LogP contribution in [0.4, 0.5) is 17.4 Å². The van der Waals surface area contributed by atoms with Crippen molar-refractivity contribution in [2.75, 3.05) is 31.4 Å². The Kier molecular flexibility index (Phi) is 4.01. The first-order valence-corrected chi connectivity index (χ1v) is 6.15. The Morgan fingerprint density at radius 2 is 1.84 bits per heavy atom. The summed E-state index contributed by atoms with van der Waals surface area (Å²) in [6.07, 6.45) is 0. The average Bonchev–Trinajstić information content (AvgIpc) is 2.87. The van der Waals surface area contributed by atoms with Crippen molar-refractivity contribution < 1.29 is 4.42 Å². The molecule has 0 radical (unpaired) electrons.